The van der Waals surface area contributed by atoms with Crippen molar-refractivity contribution in [2.24, 2.45) is 4.99 Å². The van der Waals surface area contributed by atoms with Crippen LogP contribution < -0.4 is 9.47 Å². The number of benzene rings is 2. The van der Waals surface area contributed by atoms with Gasteiger partial charge < -0.3 is 9.47 Å². The zero-order valence-corrected chi connectivity index (χ0v) is 17.4. The minimum atomic E-state index is -0.426. The maximum atomic E-state index is 12.4. The third kappa shape index (κ3) is 4.42. The molecule has 0 bridgehead atoms. The van der Waals surface area contributed by atoms with Crippen molar-refractivity contribution in [2.75, 3.05) is 13.2 Å². The van der Waals surface area contributed by atoms with E-state index in [4.69, 9.17) is 26.5 Å². The van der Waals surface area contributed by atoms with E-state index in [1.54, 1.807) is 28.7 Å². The van der Waals surface area contributed by atoms with Gasteiger partial charge in [-0.3, -0.25) is 15.1 Å². The van der Waals surface area contributed by atoms with Crippen LogP contribution in [0.25, 0.3) is 6.08 Å². The Bertz CT molecular complexity index is 1080. The van der Waals surface area contributed by atoms with E-state index in [2.05, 4.69) is 4.99 Å². The molecule has 0 unspecified atom stereocenters. The first-order valence-corrected chi connectivity index (χ1v) is 10.5. The SMILES string of the molecule is N=C1C(=Cc2ccccc2OCCCOc2ccccc2Cl)C(=O)N=C2SC=CN12. The van der Waals surface area contributed by atoms with Crippen LogP contribution in [-0.2, 0) is 4.79 Å². The van der Waals surface area contributed by atoms with Crippen LogP contribution >= 0.6 is 23.4 Å². The second-order valence-corrected chi connectivity index (χ2v) is 7.68. The van der Waals surface area contributed by atoms with Crippen LogP contribution in [0.1, 0.15) is 12.0 Å². The molecule has 4 rings (SSSR count). The molecule has 0 aliphatic carbocycles. The van der Waals surface area contributed by atoms with Gasteiger partial charge in [-0.15, -0.1) is 0 Å². The molecule has 2 aromatic rings. The summed E-state index contributed by atoms with van der Waals surface area (Å²) in [6.45, 7) is 0.899. The molecule has 0 spiro atoms. The molecule has 0 saturated carbocycles. The van der Waals surface area contributed by atoms with Crippen molar-refractivity contribution < 1.29 is 14.3 Å². The number of hydrogen-bond donors (Lipinski definition) is 1. The minimum absolute atomic E-state index is 0.106. The standard InChI is InChI=1S/C22H18ClN3O3S/c23-17-7-2-4-9-19(17)29-12-5-11-28-18-8-3-1-6-15(18)14-16-20(24)26-10-13-30-22(26)25-21(16)27/h1-4,6-10,13-14,24H,5,11-12H2. The number of para-hydroxylation sites is 2. The summed E-state index contributed by atoms with van der Waals surface area (Å²) in [5, 5.41) is 11.2. The Morgan fingerprint density at radius 3 is 2.57 bits per heavy atom. The molecule has 152 valence electrons. The number of rotatable bonds is 7. The Morgan fingerprint density at radius 2 is 1.77 bits per heavy atom. The first-order valence-electron chi connectivity index (χ1n) is 9.29. The maximum absolute atomic E-state index is 12.4. The molecule has 2 heterocycles. The molecule has 0 saturated heterocycles. The number of carbonyl (C=O) groups is 1. The number of carbonyl (C=O) groups excluding carboxylic acids is 1. The molecule has 2 aliphatic rings. The number of hydrogen-bond acceptors (Lipinski definition) is 5. The highest BCUT2D eigenvalue weighted by Gasteiger charge is 2.31. The predicted octanol–water partition coefficient (Wildman–Crippen LogP) is 4.96. The molecule has 2 aliphatic heterocycles. The lowest BCUT2D eigenvalue weighted by atomic mass is 10.1. The normalized spacial score (nSPS) is 16.6. The summed E-state index contributed by atoms with van der Waals surface area (Å²) in [6.07, 6.45) is 4.04. The fraction of sp³-hybridized carbons (Fsp3) is 0.136. The fourth-order valence-corrected chi connectivity index (χ4v) is 3.80. The Hall–Kier alpha value is -3.03. The van der Waals surface area contributed by atoms with Gasteiger partial charge in [0.05, 0.1) is 23.8 Å². The lowest BCUT2D eigenvalue weighted by molar-refractivity contribution is -0.114. The van der Waals surface area contributed by atoms with Crippen LogP contribution in [0.3, 0.4) is 0 Å². The van der Waals surface area contributed by atoms with Crippen molar-refractivity contribution >= 4 is 46.3 Å². The highest BCUT2D eigenvalue weighted by Crippen LogP contribution is 2.29. The summed E-state index contributed by atoms with van der Waals surface area (Å²) in [4.78, 5) is 18.0. The summed E-state index contributed by atoms with van der Waals surface area (Å²) in [7, 11) is 0. The smallest absolute Gasteiger partial charge is 0.283 e. The molecule has 0 fully saturated rings. The van der Waals surface area contributed by atoms with Crippen molar-refractivity contribution in [3.05, 3.63) is 76.3 Å². The van der Waals surface area contributed by atoms with Crippen molar-refractivity contribution in [3.63, 3.8) is 0 Å². The largest absolute Gasteiger partial charge is 0.493 e. The van der Waals surface area contributed by atoms with Gasteiger partial charge in [0.15, 0.2) is 5.17 Å². The molecule has 1 amide bonds. The van der Waals surface area contributed by atoms with E-state index >= 15 is 0 Å². The van der Waals surface area contributed by atoms with Gasteiger partial charge in [-0.1, -0.05) is 53.7 Å². The number of amidine groups is 2. The molecule has 6 nitrogen and oxygen atoms in total. The molecule has 0 aromatic heterocycles. The number of thioether (sulfide) groups is 1. The Balaban J connectivity index is 1.40. The van der Waals surface area contributed by atoms with Crippen molar-refractivity contribution in [1.82, 2.24) is 4.90 Å². The maximum Gasteiger partial charge on any atom is 0.283 e. The Labute approximate surface area is 183 Å². The van der Waals surface area contributed by atoms with Gasteiger partial charge >= 0.3 is 0 Å². The lowest BCUT2D eigenvalue weighted by Gasteiger charge is -2.22. The summed E-state index contributed by atoms with van der Waals surface area (Å²) >= 11 is 7.40. The fourth-order valence-electron chi connectivity index (χ4n) is 2.90. The van der Waals surface area contributed by atoms with Gasteiger partial charge in [0.25, 0.3) is 5.91 Å². The van der Waals surface area contributed by atoms with Gasteiger partial charge in [-0.2, -0.15) is 4.99 Å². The first-order chi connectivity index (χ1) is 14.6. The third-order valence-electron chi connectivity index (χ3n) is 4.37. The van der Waals surface area contributed by atoms with Gasteiger partial charge in [0, 0.05) is 18.2 Å². The van der Waals surface area contributed by atoms with Crippen LogP contribution in [0.4, 0.5) is 0 Å². The third-order valence-corrected chi connectivity index (χ3v) is 5.44. The van der Waals surface area contributed by atoms with Crippen LogP contribution in [0, 0.1) is 5.41 Å². The Morgan fingerprint density at radius 1 is 1.07 bits per heavy atom. The van der Waals surface area contributed by atoms with E-state index in [9.17, 15) is 4.79 Å². The number of nitrogens with one attached hydrogen (secondary N) is 1. The summed E-state index contributed by atoms with van der Waals surface area (Å²) in [5.41, 5.74) is 0.941. The number of nitrogens with zero attached hydrogens (tertiary/aromatic N) is 2. The number of fused-ring (bicyclic) bond motifs is 1. The van der Waals surface area contributed by atoms with E-state index in [-0.39, 0.29) is 11.4 Å². The molecule has 30 heavy (non-hydrogen) atoms. The lowest BCUT2D eigenvalue weighted by Crippen LogP contribution is -2.35. The van der Waals surface area contributed by atoms with Crippen LogP contribution in [0.2, 0.25) is 5.02 Å². The van der Waals surface area contributed by atoms with Crippen LogP contribution in [-0.4, -0.2) is 35.0 Å². The quantitative estimate of drug-likeness (QED) is 0.487. The summed E-state index contributed by atoms with van der Waals surface area (Å²) in [5.74, 6) is 0.955. The topological polar surface area (TPSA) is 75.0 Å². The molecule has 0 radical (unpaired) electrons. The number of aliphatic imine (C=N–C) groups is 1. The molecular formula is C22H18ClN3O3S. The van der Waals surface area contributed by atoms with E-state index in [0.29, 0.717) is 46.9 Å². The zero-order valence-electron chi connectivity index (χ0n) is 15.9. The predicted molar refractivity (Wildman–Crippen MR) is 120 cm³/mol. The first kappa shape index (κ1) is 20.3. The zero-order chi connectivity index (χ0) is 20.9. The highest BCUT2D eigenvalue weighted by atomic mass is 35.5. The highest BCUT2D eigenvalue weighted by molar-refractivity contribution is 8.16. The number of ether oxygens (including phenoxy) is 2. The van der Waals surface area contributed by atoms with Gasteiger partial charge in [0.1, 0.15) is 17.3 Å². The number of halogens is 1. The van der Waals surface area contributed by atoms with Gasteiger partial charge in [-0.05, 0) is 29.7 Å². The van der Waals surface area contributed by atoms with Gasteiger partial charge in [-0.25, -0.2) is 0 Å². The van der Waals surface area contributed by atoms with Crippen molar-refractivity contribution in [3.8, 4) is 11.5 Å². The van der Waals surface area contributed by atoms with E-state index in [1.807, 2.05) is 42.5 Å². The van der Waals surface area contributed by atoms with Crippen molar-refractivity contribution in [1.29, 1.82) is 5.41 Å². The van der Waals surface area contributed by atoms with Crippen LogP contribution in [0.15, 0.2) is 70.7 Å². The average Bonchev–Trinajstić information content (AvgIpc) is 3.21. The minimum Gasteiger partial charge on any atom is -0.493 e. The second kappa shape index (κ2) is 9.19. The molecule has 1 N–H and O–H groups in total. The van der Waals surface area contributed by atoms with E-state index < -0.39 is 5.91 Å². The van der Waals surface area contributed by atoms with Crippen molar-refractivity contribution in [2.45, 2.75) is 6.42 Å². The average molecular weight is 440 g/mol. The molecular weight excluding hydrogens is 422 g/mol. The second-order valence-electron chi connectivity index (χ2n) is 6.40. The molecule has 8 heteroatoms. The molecule has 2 aromatic carbocycles. The Kier molecular flexibility index (Phi) is 6.21. The monoisotopic (exact) mass is 439 g/mol. The summed E-state index contributed by atoms with van der Waals surface area (Å²) in [6, 6.07) is 14.7. The molecule has 0 atom stereocenters. The van der Waals surface area contributed by atoms with E-state index in [1.165, 1.54) is 11.8 Å². The van der Waals surface area contributed by atoms with E-state index in [0.717, 1.165) is 0 Å². The van der Waals surface area contributed by atoms with Crippen LogP contribution in [0.5, 0.6) is 11.5 Å². The summed E-state index contributed by atoms with van der Waals surface area (Å²) < 4.78 is 11.6. The number of amides is 1. The van der Waals surface area contributed by atoms with Gasteiger partial charge in [0.2, 0.25) is 0 Å².